The molecule has 3 rings (SSSR count). The second-order valence-corrected chi connectivity index (χ2v) is 7.36. The van der Waals surface area contributed by atoms with Crippen LogP contribution in [0.1, 0.15) is 43.0 Å². The molecule has 6 heteroatoms. The first-order valence-electron chi connectivity index (χ1n) is 9.28. The Hall–Kier alpha value is -3.80. The van der Waals surface area contributed by atoms with Gasteiger partial charge in [-0.3, -0.25) is 0 Å². The van der Waals surface area contributed by atoms with Gasteiger partial charge in [0.05, 0.1) is 11.1 Å². The van der Waals surface area contributed by atoms with E-state index in [9.17, 15) is 30.0 Å². The topological polar surface area (TPSA) is 115 Å². The zero-order valence-electron chi connectivity index (χ0n) is 17.1. The first-order valence-corrected chi connectivity index (χ1v) is 9.28. The Morgan fingerprint density at radius 3 is 1.20 bits per heavy atom. The molecule has 0 radical (unpaired) electrons. The molecular weight excluding hydrogens is 384 g/mol. The molecule has 0 atom stereocenters. The predicted octanol–water partition coefficient (Wildman–Crippen LogP) is 5.06. The van der Waals surface area contributed by atoms with Gasteiger partial charge in [0.25, 0.3) is 0 Å². The number of aromatic hydroxyl groups is 2. The molecule has 0 aromatic heterocycles. The number of benzene rings is 3. The number of aromatic carboxylic acids is 2. The van der Waals surface area contributed by atoms with Crippen LogP contribution in [0.25, 0.3) is 22.3 Å². The van der Waals surface area contributed by atoms with Crippen molar-refractivity contribution in [3.05, 3.63) is 69.8 Å². The van der Waals surface area contributed by atoms with Gasteiger partial charge < -0.3 is 20.4 Å². The van der Waals surface area contributed by atoms with Crippen molar-refractivity contribution in [2.45, 2.75) is 27.7 Å². The van der Waals surface area contributed by atoms with Crippen LogP contribution < -0.4 is 0 Å². The molecule has 6 nitrogen and oxygen atoms in total. The van der Waals surface area contributed by atoms with Gasteiger partial charge in [0.15, 0.2) is 0 Å². The molecule has 4 N–H and O–H groups in total. The molecule has 0 spiro atoms. The van der Waals surface area contributed by atoms with Crippen molar-refractivity contribution in [2.24, 2.45) is 0 Å². The van der Waals surface area contributed by atoms with Gasteiger partial charge in [-0.05, 0) is 73.2 Å². The third-order valence-corrected chi connectivity index (χ3v) is 5.40. The molecule has 154 valence electrons. The quantitative estimate of drug-likeness (QED) is 0.481. The molecule has 0 amide bonds. The minimum absolute atomic E-state index is 0.0229. The Balaban J connectivity index is 2.17. The summed E-state index contributed by atoms with van der Waals surface area (Å²) in [5.41, 5.74) is 4.19. The van der Waals surface area contributed by atoms with Gasteiger partial charge in [-0.2, -0.15) is 0 Å². The highest BCUT2D eigenvalue weighted by Gasteiger charge is 2.21. The number of rotatable bonds is 4. The maximum atomic E-state index is 11.6. The van der Waals surface area contributed by atoms with Crippen LogP contribution in [0.4, 0.5) is 0 Å². The number of carboxylic acid groups (broad SMARTS) is 2. The van der Waals surface area contributed by atoms with E-state index in [0.29, 0.717) is 44.5 Å². The van der Waals surface area contributed by atoms with Crippen molar-refractivity contribution < 1.29 is 30.0 Å². The summed E-state index contributed by atoms with van der Waals surface area (Å²) in [6.45, 7) is 6.56. The second-order valence-electron chi connectivity index (χ2n) is 7.36. The third kappa shape index (κ3) is 3.37. The van der Waals surface area contributed by atoms with E-state index in [4.69, 9.17) is 0 Å². The highest BCUT2D eigenvalue weighted by molar-refractivity contribution is 5.96. The predicted molar refractivity (Wildman–Crippen MR) is 114 cm³/mol. The molecular formula is C24H22O6. The van der Waals surface area contributed by atoms with E-state index in [1.165, 1.54) is 12.1 Å². The molecule has 30 heavy (non-hydrogen) atoms. The Kier molecular flexibility index (Phi) is 5.27. The second kappa shape index (κ2) is 7.55. The van der Waals surface area contributed by atoms with Crippen molar-refractivity contribution in [3.8, 4) is 33.8 Å². The first-order chi connectivity index (χ1) is 14.0. The zero-order valence-corrected chi connectivity index (χ0v) is 17.1. The normalized spacial score (nSPS) is 10.8. The molecule has 0 fully saturated rings. The van der Waals surface area contributed by atoms with Crippen LogP contribution in [-0.2, 0) is 0 Å². The lowest BCUT2D eigenvalue weighted by molar-refractivity contribution is 0.0684. The van der Waals surface area contributed by atoms with Crippen LogP contribution in [0, 0.1) is 27.7 Å². The molecule has 0 aliphatic rings. The number of phenolic OH excluding ortho intramolecular Hbond substituents is 2. The van der Waals surface area contributed by atoms with Crippen molar-refractivity contribution in [1.29, 1.82) is 0 Å². The summed E-state index contributed by atoms with van der Waals surface area (Å²) in [6.07, 6.45) is 0. The average Bonchev–Trinajstić information content (AvgIpc) is 2.61. The maximum Gasteiger partial charge on any atom is 0.336 e. The number of carboxylic acids is 2. The molecule has 0 aliphatic heterocycles. The molecule has 0 saturated heterocycles. The summed E-state index contributed by atoms with van der Waals surface area (Å²) >= 11 is 0. The number of aryl methyl sites for hydroxylation is 2. The molecule has 0 unspecified atom stereocenters. The van der Waals surface area contributed by atoms with Gasteiger partial charge in [0.1, 0.15) is 11.5 Å². The largest absolute Gasteiger partial charge is 0.507 e. The number of hydrogen-bond donors (Lipinski definition) is 4. The fourth-order valence-corrected chi connectivity index (χ4v) is 4.12. The number of hydrogen-bond acceptors (Lipinski definition) is 4. The lowest BCUT2D eigenvalue weighted by Crippen LogP contribution is -2.05. The standard InChI is InChI=1S/C24H22O6/c1-11-9-17(25)21(13(3)19(11)23(27)28)15-5-7-16(8-6-15)22-14(4)20(24(29)30)12(2)10-18(22)26/h5-10,25-26H,1-4H3,(H,27,28)(H,29,30). The number of carbonyl (C=O) groups is 2. The van der Waals surface area contributed by atoms with E-state index in [1.807, 2.05) is 0 Å². The van der Waals surface area contributed by atoms with Crippen LogP contribution in [0.3, 0.4) is 0 Å². The van der Waals surface area contributed by atoms with E-state index in [-0.39, 0.29) is 22.6 Å². The lowest BCUT2D eigenvalue weighted by Gasteiger charge is -2.16. The molecule has 0 aliphatic carbocycles. The molecule has 0 bridgehead atoms. The van der Waals surface area contributed by atoms with Crippen molar-refractivity contribution >= 4 is 11.9 Å². The van der Waals surface area contributed by atoms with Gasteiger partial charge >= 0.3 is 11.9 Å². The zero-order chi connectivity index (χ0) is 22.3. The van der Waals surface area contributed by atoms with E-state index in [2.05, 4.69) is 0 Å². The molecule has 3 aromatic carbocycles. The first kappa shape index (κ1) is 20.9. The summed E-state index contributed by atoms with van der Waals surface area (Å²) in [6, 6.07) is 9.67. The monoisotopic (exact) mass is 406 g/mol. The molecule has 3 aromatic rings. The van der Waals surface area contributed by atoms with E-state index in [1.54, 1.807) is 52.0 Å². The number of phenols is 2. The summed E-state index contributed by atoms with van der Waals surface area (Å²) in [4.78, 5) is 23.2. The Labute approximate surface area is 173 Å². The van der Waals surface area contributed by atoms with Gasteiger partial charge in [-0.25, -0.2) is 9.59 Å². The minimum atomic E-state index is -1.07. The van der Waals surface area contributed by atoms with Crippen molar-refractivity contribution in [2.75, 3.05) is 0 Å². The fraction of sp³-hybridized carbons (Fsp3) is 0.167. The van der Waals surface area contributed by atoms with Crippen LogP contribution in [0.2, 0.25) is 0 Å². The minimum Gasteiger partial charge on any atom is -0.507 e. The Morgan fingerprint density at radius 1 is 0.633 bits per heavy atom. The van der Waals surface area contributed by atoms with Crippen LogP contribution in [0.15, 0.2) is 36.4 Å². The molecule has 0 saturated carbocycles. The summed E-state index contributed by atoms with van der Waals surface area (Å²) in [5.74, 6) is -2.18. The fourth-order valence-electron chi connectivity index (χ4n) is 4.12. The van der Waals surface area contributed by atoms with Crippen molar-refractivity contribution in [3.63, 3.8) is 0 Å². The van der Waals surface area contributed by atoms with E-state index in [0.717, 1.165) is 0 Å². The summed E-state index contributed by atoms with van der Waals surface area (Å²) in [7, 11) is 0. The highest BCUT2D eigenvalue weighted by atomic mass is 16.4. The Bertz CT molecular complexity index is 1100. The maximum absolute atomic E-state index is 11.6. The third-order valence-electron chi connectivity index (χ3n) is 5.40. The highest BCUT2D eigenvalue weighted by Crippen LogP contribution is 2.40. The van der Waals surface area contributed by atoms with Gasteiger partial charge in [0.2, 0.25) is 0 Å². The molecule has 0 heterocycles. The lowest BCUT2D eigenvalue weighted by atomic mass is 9.89. The van der Waals surface area contributed by atoms with E-state index < -0.39 is 11.9 Å². The van der Waals surface area contributed by atoms with Gasteiger partial charge in [-0.15, -0.1) is 0 Å². The SMILES string of the molecule is Cc1cc(O)c(-c2ccc(-c3c(O)cc(C)c(C(=O)O)c3C)cc2)c(C)c1C(=O)O. The van der Waals surface area contributed by atoms with E-state index >= 15 is 0 Å². The van der Waals surface area contributed by atoms with Crippen LogP contribution >= 0.6 is 0 Å². The average molecular weight is 406 g/mol. The smallest absolute Gasteiger partial charge is 0.336 e. The summed E-state index contributed by atoms with van der Waals surface area (Å²) < 4.78 is 0. The van der Waals surface area contributed by atoms with Crippen LogP contribution in [0.5, 0.6) is 11.5 Å². The van der Waals surface area contributed by atoms with Crippen molar-refractivity contribution in [1.82, 2.24) is 0 Å². The Morgan fingerprint density at radius 2 is 0.933 bits per heavy atom. The summed E-state index contributed by atoms with van der Waals surface area (Å²) in [5, 5.41) is 39.9. The van der Waals surface area contributed by atoms with Gasteiger partial charge in [0, 0.05) is 11.1 Å². The van der Waals surface area contributed by atoms with Crippen LogP contribution in [-0.4, -0.2) is 32.4 Å². The van der Waals surface area contributed by atoms with Gasteiger partial charge in [-0.1, -0.05) is 24.3 Å².